The maximum Gasteiger partial charge on any atom is 0.223 e. The molecule has 2 heterocycles. The van der Waals surface area contributed by atoms with Gasteiger partial charge in [-0.1, -0.05) is 6.07 Å². The van der Waals surface area contributed by atoms with Gasteiger partial charge >= 0.3 is 0 Å². The van der Waals surface area contributed by atoms with Crippen LogP contribution in [-0.2, 0) is 6.42 Å². The number of rotatable bonds is 5. The molecule has 0 aromatic carbocycles. The molecule has 0 fully saturated rings. The van der Waals surface area contributed by atoms with Gasteiger partial charge in [0.15, 0.2) is 0 Å². The van der Waals surface area contributed by atoms with Crippen LogP contribution in [0, 0.1) is 0 Å². The van der Waals surface area contributed by atoms with Crippen molar-refractivity contribution in [1.29, 1.82) is 0 Å². The molecule has 6 nitrogen and oxygen atoms in total. The van der Waals surface area contributed by atoms with Gasteiger partial charge in [-0.25, -0.2) is 0 Å². The van der Waals surface area contributed by atoms with Crippen molar-refractivity contribution in [1.82, 2.24) is 15.0 Å². The van der Waals surface area contributed by atoms with Crippen molar-refractivity contribution in [2.75, 3.05) is 30.0 Å². The van der Waals surface area contributed by atoms with Gasteiger partial charge in [-0.15, -0.1) is 0 Å². The number of nitrogens with zero attached hydrogens (tertiary/aromatic N) is 3. The van der Waals surface area contributed by atoms with E-state index in [1.54, 1.807) is 13.2 Å². The maximum atomic E-state index is 5.60. The molecule has 6 heteroatoms. The number of anilines is 3. The molecule has 0 spiro atoms. The molecule has 0 saturated carbocycles. The van der Waals surface area contributed by atoms with Gasteiger partial charge in [-0.3, -0.25) is 4.98 Å². The van der Waals surface area contributed by atoms with E-state index in [9.17, 15) is 0 Å². The molecule has 4 N–H and O–H groups in total. The number of hydrogen-bond acceptors (Lipinski definition) is 6. The van der Waals surface area contributed by atoms with Crippen molar-refractivity contribution in [3.05, 3.63) is 36.2 Å². The molecule has 0 aliphatic heterocycles. The Hall–Kier alpha value is -2.37. The Morgan fingerprint density at radius 1 is 1.22 bits per heavy atom. The van der Waals surface area contributed by atoms with E-state index in [2.05, 4.69) is 25.6 Å². The number of nitrogen functional groups attached to an aromatic ring is 1. The lowest BCUT2D eigenvalue weighted by atomic mass is 10.3. The van der Waals surface area contributed by atoms with Crippen molar-refractivity contribution in [2.24, 2.45) is 0 Å². The molecule has 2 aromatic rings. The zero-order valence-electron chi connectivity index (χ0n) is 10.2. The van der Waals surface area contributed by atoms with Crippen molar-refractivity contribution >= 4 is 17.6 Å². The van der Waals surface area contributed by atoms with Crippen molar-refractivity contribution in [3.8, 4) is 0 Å². The van der Waals surface area contributed by atoms with Gasteiger partial charge in [-0.05, 0) is 12.1 Å². The topological polar surface area (TPSA) is 88.8 Å². The van der Waals surface area contributed by atoms with Crippen LogP contribution in [0.15, 0.2) is 30.5 Å². The Labute approximate surface area is 106 Å². The smallest absolute Gasteiger partial charge is 0.223 e. The van der Waals surface area contributed by atoms with E-state index in [0.717, 1.165) is 18.7 Å². The zero-order chi connectivity index (χ0) is 12.8. The van der Waals surface area contributed by atoms with Crippen LogP contribution in [0.5, 0.6) is 0 Å². The number of nitrogens with one attached hydrogen (secondary N) is 2. The van der Waals surface area contributed by atoms with Crippen LogP contribution in [0.4, 0.5) is 17.6 Å². The van der Waals surface area contributed by atoms with E-state index in [0.29, 0.717) is 11.6 Å². The summed E-state index contributed by atoms with van der Waals surface area (Å²) >= 11 is 0. The first-order chi connectivity index (χ1) is 8.78. The Morgan fingerprint density at radius 2 is 2.06 bits per heavy atom. The third-order valence-corrected chi connectivity index (χ3v) is 2.41. The van der Waals surface area contributed by atoms with Crippen LogP contribution in [-0.4, -0.2) is 28.5 Å². The van der Waals surface area contributed by atoms with Gasteiger partial charge < -0.3 is 16.4 Å². The first-order valence-corrected chi connectivity index (χ1v) is 5.74. The lowest BCUT2D eigenvalue weighted by Crippen LogP contribution is -2.09. The molecule has 0 radical (unpaired) electrons. The number of hydrogen-bond donors (Lipinski definition) is 3. The first kappa shape index (κ1) is 12.1. The summed E-state index contributed by atoms with van der Waals surface area (Å²) in [5.74, 6) is 1.66. The average Bonchev–Trinajstić information content (AvgIpc) is 2.39. The summed E-state index contributed by atoms with van der Waals surface area (Å²) < 4.78 is 0. The molecular weight excluding hydrogens is 228 g/mol. The average molecular weight is 244 g/mol. The van der Waals surface area contributed by atoms with Crippen LogP contribution in [0.1, 0.15) is 5.69 Å². The summed E-state index contributed by atoms with van der Waals surface area (Å²) in [5.41, 5.74) is 6.65. The fourth-order valence-corrected chi connectivity index (χ4v) is 1.55. The van der Waals surface area contributed by atoms with E-state index in [1.807, 2.05) is 24.3 Å². The van der Waals surface area contributed by atoms with Crippen molar-refractivity contribution < 1.29 is 0 Å². The maximum absolute atomic E-state index is 5.60. The fraction of sp³-hybridized carbons (Fsp3) is 0.250. The van der Waals surface area contributed by atoms with Crippen LogP contribution >= 0.6 is 0 Å². The molecule has 18 heavy (non-hydrogen) atoms. The summed E-state index contributed by atoms with van der Waals surface area (Å²) in [4.78, 5) is 12.4. The largest absolute Gasteiger partial charge is 0.373 e. The molecule has 0 atom stereocenters. The Morgan fingerprint density at radius 3 is 2.78 bits per heavy atom. The molecule has 0 unspecified atom stereocenters. The minimum atomic E-state index is 0.252. The van der Waals surface area contributed by atoms with Gasteiger partial charge in [-0.2, -0.15) is 9.97 Å². The second kappa shape index (κ2) is 5.81. The van der Waals surface area contributed by atoms with Crippen molar-refractivity contribution in [2.45, 2.75) is 6.42 Å². The summed E-state index contributed by atoms with van der Waals surface area (Å²) in [5, 5.41) is 6.13. The molecule has 0 amide bonds. The van der Waals surface area contributed by atoms with Gasteiger partial charge in [0.05, 0.1) is 0 Å². The third kappa shape index (κ3) is 3.31. The van der Waals surface area contributed by atoms with Gasteiger partial charge in [0.1, 0.15) is 11.6 Å². The predicted octanol–water partition coefficient (Wildman–Crippen LogP) is 1.15. The molecule has 0 aliphatic rings. The first-order valence-electron chi connectivity index (χ1n) is 5.74. The second-order valence-electron chi connectivity index (χ2n) is 3.74. The number of pyridine rings is 1. The predicted molar refractivity (Wildman–Crippen MR) is 72.4 cm³/mol. The third-order valence-electron chi connectivity index (χ3n) is 2.41. The lowest BCUT2D eigenvalue weighted by molar-refractivity contribution is 0.952. The van der Waals surface area contributed by atoms with E-state index in [1.165, 1.54) is 0 Å². The number of aromatic nitrogens is 3. The van der Waals surface area contributed by atoms with E-state index in [4.69, 9.17) is 5.73 Å². The van der Waals surface area contributed by atoms with Crippen LogP contribution in [0.2, 0.25) is 0 Å². The molecule has 94 valence electrons. The van der Waals surface area contributed by atoms with E-state index in [-0.39, 0.29) is 5.95 Å². The summed E-state index contributed by atoms with van der Waals surface area (Å²) in [7, 11) is 1.79. The molecule has 0 saturated heterocycles. The van der Waals surface area contributed by atoms with Crippen LogP contribution < -0.4 is 16.4 Å². The highest BCUT2D eigenvalue weighted by Gasteiger charge is 2.00. The quantitative estimate of drug-likeness (QED) is 0.731. The Bertz CT molecular complexity index is 499. The normalized spacial score (nSPS) is 10.1. The van der Waals surface area contributed by atoms with Crippen LogP contribution in [0.25, 0.3) is 0 Å². The lowest BCUT2D eigenvalue weighted by Gasteiger charge is -2.07. The minimum Gasteiger partial charge on any atom is -0.373 e. The standard InChI is InChI=1S/C12H16N6/c1-14-10-8-11(18-12(13)17-10)16-7-5-9-4-2-3-6-15-9/h2-4,6,8H,5,7H2,1H3,(H4,13,14,16,17,18). The number of nitrogens with two attached hydrogens (primary N) is 1. The summed E-state index contributed by atoms with van der Waals surface area (Å²) in [6.07, 6.45) is 2.62. The highest BCUT2D eigenvalue weighted by Crippen LogP contribution is 2.11. The SMILES string of the molecule is CNc1cc(NCCc2ccccn2)nc(N)n1. The van der Waals surface area contributed by atoms with Crippen molar-refractivity contribution in [3.63, 3.8) is 0 Å². The van der Waals surface area contributed by atoms with Gasteiger partial charge in [0.2, 0.25) is 5.95 Å². The van der Waals surface area contributed by atoms with E-state index < -0.39 is 0 Å². The van der Waals surface area contributed by atoms with Gasteiger partial charge in [0, 0.05) is 38.0 Å². The van der Waals surface area contributed by atoms with E-state index >= 15 is 0 Å². The molecule has 0 bridgehead atoms. The minimum absolute atomic E-state index is 0.252. The highest BCUT2D eigenvalue weighted by atomic mass is 15.1. The highest BCUT2D eigenvalue weighted by molar-refractivity contribution is 5.50. The van der Waals surface area contributed by atoms with Gasteiger partial charge in [0.25, 0.3) is 0 Å². The van der Waals surface area contributed by atoms with Crippen LogP contribution in [0.3, 0.4) is 0 Å². The fourth-order valence-electron chi connectivity index (χ4n) is 1.55. The second-order valence-corrected chi connectivity index (χ2v) is 3.74. The molecule has 0 aliphatic carbocycles. The molecule has 2 rings (SSSR count). The zero-order valence-corrected chi connectivity index (χ0v) is 10.2. The summed E-state index contributed by atoms with van der Waals surface area (Å²) in [6, 6.07) is 7.69. The Kier molecular flexibility index (Phi) is 3.90. The summed E-state index contributed by atoms with van der Waals surface area (Å²) in [6.45, 7) is 0.747. The Balaban J connectivity index is 1.92. The monoisotopic (exact) mass is 244 g/mol. The molecule has 2 aromatic heterocycles. The molecular formula is C12H16N6.